The Bertz CT molecular complexity index is 640. The number of rotatable bonds is 2. The van der Waals surface area contributed by atoms with Crippen molar-refractivity contribution in [3.05, 3.63) is 41.5 Å². The number of nitriles is 1. The lowest BCUT2D eigenvalue weighted by atomic mass is 10.1. The molecule has 0 atom stereocenters. The van der Waals surface area contributed by atoms with Gasteiger partial charge in [-0.3, -0.25) is 0 Å². The van der Waals surface area contributed by atoms with Crippen molar-refractivity contribution in [2.45, 2.75) is 6.92 Å². The molecule has 18 heavy (non-hydrogen) atoms. The minimum Gasteiger partial charge on any atom is -0.463 e. The fourth-order valence-electron chi connectivity index (χ4n) is 1.49. The Morgan fingerprint density at radius 3 is 2.89 bits per heavy atom. The van der Waals surface area contributed by atoms with Gasteiger partial charge in [0, 0.05) is 0 Å². The highest BCUT2D eigenvalue weighted by Gasteiger charge is 2.12. The van der Waals surface area contributed by atoms with Crippen LogP contribution in [-0.4, -0.2) is 27.8 Å². The Morgan fingerprint density at radius 2 is 2.28 bits per heavy atom. The maximum Gasteiger partial charge on any atom is 0.377 e. The molecule has 6 nitrogen and oxygen atoms in total. The predicted octanol–water partition coefficient (Wildman–Crippen LogP) is 1.23. The van der Waals surface area contributed by atoms with Gasteiger partial charge in [-0.25, -0.2) is 14.5 Å². The number of esters is 1. The van der Waals surface area contributed by atoms with Crippen molar-refractivity contribution in [1.82, 2.24) is 14.8 Å². The Hall–Kier alpha value is -2.68. The summed E-state index contributed by atoms with van der Waals surface area (Å²) in [5.41, 5.74) is 2.17. The first-order chi connectivity index (χ1) is 8.65. The first-order valence-electron chi connectivity index (χ1n) is 5.17. The second-order valence-corrected chi connectivity index (χ2v) is 3.62. The molecular formula is C12H10N4O2. The van der Waals surface area contributed by atoms with Crippen LogP contribution >= 0.6 is 0 Å². The first-order valence-corrected chi connectivity index (χ1v) is 5.17. The Kier molecular flexibility index (Phi) is 3.06. The van der Waals surface area contributed by atoms with E-state index in [0.29, 0.717) is 5.56 Å². The van der Waals surface area contributed by atoms with Crippen molar-refractivity contribution < 1.29 is 9.53 Å². The van der Waals surface area contributed by atoms with E-state index in [2.05, 4.69) is 20.9 Å². The molecule has 0 aliphatic carbocycles. The summed E-state index contributed by atoms with van der Waals surface area (Å²) in [6.07, 6.45) is 1.42. The predicted molar refractivity (Wildman–Crippen MR) is 62.2 cm³/mol. The molecule has 2 rings (SSSR count). The molecule has 0 radical (unpaired) electrons. The summed E-state index contributed by atoms with van der Waals surface area (Å²) in [6.45, 7) is 1.83. The molecule has 1 aromatic heterocycles. The lowest BCUT2D eigenvalue weighted by Crippen LogP contribution is -2.05. The number of carbonyl (C=O) groups is 1. The number of benzene rings is 1. The lowest BCUT2D eigenvalue weighted by Gasteiger charge is -2.02. The molecule has 0 saturated carbocycles. The summed E-state index contributed by atoms with van der Waals surface area (Å²) in [5.74, 6) is -0.585. The van der Waals surface area contributed by atoms with Crippen molar-refractivity contribution in [2.24, 2.45) is 0 Å². The Balaban J connectivity index is 2.38. The van der Waals surface area contributed by atoms with Crippen LogP contribution in [0.1, 0.15) is 21.7 Å². The molecule has 6 heteroatoms. The molecule has 2 aromatic rings. The third kappa shape index (κ3) is 2.06. The summed E-state index contributed by atoms with van der Waals surface area (Å²) in [6, 6.07) is 7.32. The van der Waals surface area contributed by atoms with Crippen molar-refractivity contribution in [1.29, 1.82) is 5.26 Å². The second-order valence-electron chi connectivity index (χ2n) is 3.62. The standard InChI is InChI=1S/C12H10N4O2/c1-8-5-10(4-3-9(8)6-13)16-7-14-11(15-16)12(17)18-2/h3-5,7H,1-2H3. The van der Waals surface area contributed by atoms with Gasteiger partial charge in [0.25, 0.3) is 5.82 Å². The fourth-order valence-corrected chi connectivity index (χ4v) is 1.49. The molecule has 0 saturated heterocycles. The van der Waals surface area contributed by atoms with Gasteiger partial charge in [0.05, 0.1) is 24.4 Å². The van der Waals surface area contributed by atoms with E-state index in [1.165, 1.54) is 18.1 Å². The van der Waals surface area contributed by atoms with Crippen LogP contribution < -0.4 is 0 Å². The van der Waals surface area contributed by atoms with Crippen molar-refractivity contribution in [3.8, 4) is 11.8 Å². The van der Waals surface area contributed by atoms with E-state index in [-0.39, 0.29) is 5.82 Å². The molecule has 0 bridgehead atoms. The van der Waals surface area contributed by atoms with E-state index >= 15 is 0 Å². The first kappa shape index (κ1) is 11.8. The summed E-state index contributed by atoms with van der Waals surface area (Å²) < 4.78 is 5.98. The zero-order chi connectivity index (χ0) is 13.1. The molecule has 0 fully saturated rings. The van der Waals surface area contributed by atoms with E-state index in [1.807, 2.05) is 6.92 Å². The van der Waals surface area contributed by atoms with E-state index in [4.69, 9.17) is 5.26 Å². The molecule has 1 heterocycles. The average Bonchev–Trinajstić information content (AvgIpc) is 2.87. The van der Waals surface area contributed by atoms with Gasteiger partial charge in [0.15, 0.2) is 0 Å². The largest absolute Gasteiger partial charge is 0.463 e. The second kappa shape index (κ2) is 4.67. The highest BCUT2D eigenvalue weighted by molar-refractivity contribution is 5.84. The molecule has 0 aliphatic heterocycles. The van der Waals surface area contributed by atoms with E-state index in [1.54, 1.807) is 18.2 Å². The molecule has 0 unspecified atom stereocenters. The number of hydrogen-bond acceptors (Lipinski definition) is 5. The number of hydrogen-bond donors (Lipinski definition) is 0. The maximum atomic E-state index is 11.2. The molecule has 0 N–H and O–H groups in total. The van der Waals surface area contributed by atoms with Crippen LogP contribution in [-0.2, 0) is 4.74 Å². The number of nitrogens with zero attached hydrogens (tertiary/aromatic N) is 4. The Morgan fingerprint density at radius 1 is 1.50 bits per heavy atom. The fraction of sp³-hybridized carbons (Fsp3) is 0.167. The Labute approximate surface area is 103 Å². The smallest absolute Gasteiger partial charge is 0.377 e. The minimum atomic E-state index is -0.584. The van der Waals surface area contributed by atoms with E-state index < -0.39 is 5.97 Å². The normalized spacial score (nSPS) is 9.83. The minimum absolute atomic E-state index is 0.000451. The van der Waals surface area contributed by atoms with Crippen LogP contribution in [0.5, 0.6) is 0 Å². The van der Waals surface area contributed by atoms with Crippen LogP contribution in [0.15, 0.2) is 24.5 Å². The third-order valence-corrected chi connectivity index (χ3v) is 2.45. The van der Waals surface area contributed by atoms with Gasteiger partial charge < -0.3 is 4.74 Å². The molecule has 0 amide bonds. The number of aryl methyl sites for hydroxylation is 1. The summed E-state index contributed by atoms with van der Waals surface area (Å²) in [4.78, 5) is 15.1. The molecule has 1 aromatic carbocycles. The van der Waals surface area contributed by atoms with E-state index in [0.717, 1.165) is 11.3 Å². The zero-order valence-corrected chi connectivity index (χ0v) is 9.91. The maximum absolute atomic E-state index is 11.2. The van der Waals surface area contributed by atoms with Gasteiger partial charge in [0.2, 0.25) is 0 Å². The van der Waals surface area contributed by atoms with Gasteiger partial charge in [-0.05, 0) is 30.7 Å². The molecular weight excluding hydrogens is 232 g/mol. The SMILES string of the molecule is COC(=O)c1ncn(-c2ccc(C#N)c(C)c2)n1. The van der Waals surface area contributed by atoms with Crippen LogP contribution in [0.25, 0.3) is 5.69 Å². The van der Waals surface area contributed by atoms with Gasteiger partial charge in [-0.2, -0.15) is 5.26 Å². The number of ether oxygens (including phenoxy) is 1. The number of methoxy groups -OCH3 is 1. The van der Waals surface area contributed by atoms with Crippen molar-refractivity contribution in [2.75, 3.05) is 7.11 Å². The van der Waals surface area contributed by atoms with E-state index in [9.17, 15) is 4.79 Å². The van der Waals surface area contributed by atoms with Crippen LogP contribution in [0, 0.1) is 18.3 Å². The lowest BCUT2D eigenvalue weighted by molar-refractivity contribution is 0.0587. The van der Waals surface area contributed by atoms with Crippen molar-refractivity contribution >= 4 is 5.97 Å². The monoisotopic (exact) mass is 242 g/mol. The van der Waals surface area contributed by atoms with Gasteiger partial charge in [0.1, 0.15) is 6.33 Å². The number of aromatic nitrogens is 3. The summed E-state index contributed by atoms with van der Waals surface area (Å²) in [5, 5.41) is 12.8. The van der Waals surface area contributed by atoms with Crippen LogP contribution in [0.2, 0.25) is 0 Å². The van der Waals surface area contributed by atoms with Gasteiger partial charge in [-0.15, -0.1) is 5.10 Å². The van der Waals surface area contributed by atoms with Crippen molar-refractivity contribution in [3.63, 3.8) is 0 Å². The molecule has 90 valence electrons. The topological polar surface area (TPSA) is 80.8 Å². The van der Waals surface area contributed by atoms with Gasteiger partial charge in [-0.1, -0.05) is 0 Å². The summed E-state index contributed by atoms with van der Waals surface area (Å²) >= 11 is 0. The quantitative estimate of drug-likeness (QED) is 0.740. The summed E-state index contributed by atoms with van der Waals surface area (Å²) in [7, 11) is 1.27. The van der Waals surface area contributed by atoms with Gasteiger partial charge >= 0.3 is 5.97 Å². The van der Waals surface area contributed by atoms with Crippen LogP contribution in [0.3, 0.4) is 0 Å². The highest BCUT2D eigenvalue weighted by Crippen LogP contribution is 2.13. The highest BCUT2D eigenvalue weighted by atomic mass is 16.5. The van der Waals surface area contributed by atoms with Crippen LogP contribution in [0.4, 0.5) is 0 Å². The molecule has 0 aliphatic rings. The zero-order valence-electron chi connectivity index (χ0n) is 9.91. The molecule has 0 spiro atoms. The number of carbonyl (C=O) groups excluding carboxylic acids is 1. The average molecular weight is 242 g/mol. The third-order valence-electron chi connectivity index (χ3n) is 2.45.